The highest BCUT2D eigenvalue weighted by molar-refractivity contribution is 7.80. The number of hydrogen-bond acceptors (Lipinski definition) is 2. The van der Waals surface area contributed by atoms with Gasteiger partial charge in [-0.05, 0) is 13.3 Å². The minimum atomic E-state index is -0.546. The van der Waals surface area contributed by atoms with Crippen molar-refractivity contribution >= 4 is 12.6 Å². The van der Waals surface area contributed by atoms with Crippen LogP contribution in [0.1, 0.15) is 52.4 Å². The lowest BCUT2D eigenvalue weighted by Crippen LogP contribution is -2.25. The van der Waals surface area contributed by atoms with Gasteiger partial charge in [0, 0.05) is 5.75 Å². The van der Waals surface area contributed by atoms with Gasteiger partial charge in [0.25, 0.3) is 0 Å². The van der Waals surface area contributed by atoms with E-state index in [4.69, 9.17) is 0 Å². The normalized spacial score (nSPS) is 16.0. The van der Waals surface area contributed by atoms with Crippen LogP contribution in [0.3, 0.4) is 0 Å². The Hall–Kier alpha value is 0.310. The van der Waals surface area contributed by atoms with Crippen LogP contribution >= 0.6 is 12.6 Å². The average Bonchev–Trinajstić information content (AvgIpc) is 2.04. The monoisotopic (exact) mass is 190 g/mol. The van der Waals surface area contributed by atoms with Crippen molar-refractivity contribution in [1.82, 2.24) is 0 Å². The predicted molar refractivity (Wildman–Crippen MR) is 57.9 cm³/mol. The summed E-state index contributed by atoms with van der Waals surface area (Å²) in [6.45, 7) is 4.07. The van der Waals surface area contributed by atoms with E-state index in [0.717, 1.165) is 12.8 Å². The number of rotatable bonds is 7. The van der Waals surface area contributed by atoms with Gasteiger partial charge < -0.3 is 5.11 Å². The molecule has 0 fully saturated rings. The molecular formula is C10H22OS. The third-order valence-electron chi connectivity index (χ3n) is 2.16. The molecule has 1 atom stereocenters. The van der Waals surface area contributed by atoms with E-state index in [-0.39, 0.29) is 0 Å². The van der Waals surface area contributed by atoms with Crippen molar-refractivity contribution in [3.8, 4) is 0 Å². The lowest BCUT2D eigenvalue weighted by molar-refractivity contribution is 0.0734. The quantitative estimate of drug-likeness (QED) is 0.467. The maximum atomic E-state index is 9.60. The zero-order valence-electron chi connectivity index (χ0n) is 8.34. The van der Waals surface area contributed by atoms with Gasteiger partial charge in [-0.15, -0.1) is 0 Å². The largest absolute Gasteiger partial charge is 0.389 e. The molecule has 2 heteroatoms. The Morgan fingerprint density at radius 3 is 2.25 bits per heavy atom. The highest BCUT2D eigenvalue weighted by Crippen LogP contribution is 2.16. The highest BCUT2D eigenvalue weighted by Gasteiger charge is 2.16. The van der Waals surface area contributed by atoms with E-state index in [9.17, 15) is 5.11 Å². The molecule has 0 spiro atoms. The third kappa shape index (κ3) is 6.99. The van der Waals surface area contributed by atoms with Crippen LogP contribution in [0.15, 0.2) is 0 Å². The lowest BCUT2D eigenvalue weighted by atomic mass is 10.00. The molecule has 0 aliphatic heterocycles. The van der Waals surface area contributed by atoms with Gasteiger partial charge >= 0.3 is 0 Å². The molecule has 1 nitrogen and oxygen atoms in total. The summed E-state index contributed by atoms with van der Waals surface area (Å²) >= 11 is 4.09. The van der Waals surface area contributed by atoms with Crippen LogP contribution in [0.4, 0.5) is 0 Å². The van der Waals surface area contributed by atoms with Gasteiger partial charge in [0.2, 0.25) is 0 Å². The Morgan fingerprint density at radius 2 is 1.75 bits per heavy atom. The molecule has 0 saturated carbocycles. The number of unbranched alkanes of at least 4 members (excludes halogenated alkanes) is 4. The van der Waals surface area contributed by atoms with Crippen molar-refractivity contribution in [1.29, 1.82) is 0 Å². The second-order valence-corrected chi connectivity index (χ2v) is 4.14. The first kappa shape index (κ1) is 12.3. The molecule has 0 radical (unpaired) electrons. The Kier molecular flexibility index (Phi) is 6.96. The molecule has 0 rings (SSSR count). The Morgan fingerprint density at radius 1 is 1.17 bits per heavy atom. The summed E-state index contributed by atoms with van der Waals surface area (Å²) in [7, 11) is 0. The fourth-order valence-corrected chi connectivity index (χ4v) is 1.35. The maximum absolute atomic E-state index is 9.60. The second kappa shape index (κ2) is 6.79. The van der Waals surface area contributed by atoms with Crippen molar-refractivity contribution in [2.45, 2.75) is 58.0 Å². The molecule has 0 saturated heterocycles. The molecule has 0 bridgehead atoms. The zero-order chi connectivity index (χ0) is 9.45. The van der Waals surface area contributed by atoms with E-state index < -0.39 is 5.60 Å². The van der Waals surface area contributed by atoms with Crippen LogP contribution in [0.2, 0.25) is 0 Å². The van der Waals surface area contributed by atoms with Crippen LogP contribution < -0.4 is 0 Å². The first-order chi connectivity index (χ1) is 5.62. The lowest BCUT2D eigenvalue weighted by Gasteiger charge is -2.20. The fraction of sp³-hybridized carbons (Fsp3) is 1.00. The van der Waals surface area contributed by atoms with E-state index >= 15 is 0 Å². The average molecular weight is 190 g/mol. The molecule has 1 N–H and O–H groups in total. The van der Waals surface area contributed by atoms with Crippen LogP contribution in [0.25, 0.3) is 0 Å². The van der Waals surface area contributed by atoms with Gasteiger partial charge in [0.15, 0.2) is 0 Å². The van der Waals surface area contributed by atoms with Crippen LogP contribution in [-0.2, 0) is 0 Å². The molecule has 0 amide bonds. The van der Waals surface area contributed by atoms with Gasteiger partial charge in [-0.1, -0.05) is 39.0 Å². The molecule has 12 heavy (non-hydrogen) atoms. The highest BCUT2D eigenvalue weighted by atomic mass is 32.1. The van der Waals surface area contributed by atoms with Crippen LogP contribution in [0.5, 0.6) is 0 Å². The van der Waals surface area contributed by atoms with E-state index in [0.29, 0.717) is 5.75 Å². The van der Waals surface area contributed by atoms with E-state index in [1.807, 2.05) is 6.92 Å². The summed E-state index contributed by atoms with van der Waals surface area (Å²) < 4.78 is 0. The van der Waals surface area contributed by atoms with Crippen LogP contribution in [-0.4, -0.2) is 16.5 Å². The van der Waals surface area contributed by atoms with Crippen molar-refractivity contribution in [2.75, 3.05) is 5.75 Å². The number of thiol groups is 1. The molecule has 0 aromatic heterocycles. The molecule has 0 aliphatic rings. The Labute approximate surface area is 82.0 Å². The SMILES string of the molecule is CCCCCCCC(C)(O)CS. The Balaban J connectivity index is 3.19. The van der Waals surface area contributed by atoms with Gasteiger partial charge in [-0.25, -0.2) is 0 Å². The molecule has 0 aromatic carbocycles. The summed E-state index contributed by atoms with van der Waals surface area (Å²) in [4.78, 5) is 0. The number of aliphatic hydroxyl groups is 1. The smallest absolute Gasteiger partial charge is 0.0707 e. The predicted octanol–water partition coefficient (Wildman–Crippen LogP) is 3.03. The summed E-state index contributed by atoms with van der Waals surface area (Å²) in [5.74, 6) is 0.570. The minimum Gasteiger partial charge on any atom is -0.389 e. The summed E-state index contributed by atoms with van der Waals surface area (Å²) in [6, 6.07) is 0. The number of hydrogen-bond donors (Lipinski definition) is 2. The van der Waals surface area contributed by atoms with Crippen molar-refractivity contribution in [3.63, 3.8) is 0 Å². The van der Waals surface area contributed by atoms with Crippen molar-refractivity contribution in [2.24, 2.45) is 0 Å². The summed E-state index contributed by atoms with van der Waals surface area (Å²) in [6.07, 6.45) is 7.18. The molecule has 0 aromatic rings. The maximum Gasteiger partial charge on any atom is 0.0707 e. The Bertz CT molecular complexity index is 102. The second-order valence-electron chi connectivity index (χ2n) is 3.82. The first-order valence-electron chi connectivity index (χ1n) is 4.95. The van der Waals surface area contributed by atoms with Crippen LogP contribution in [0, 0.1) is 0 Å². The summed E-state index contributed by atoms with van der Waals surface area (Å²) in [5, 5.41) is 9.60. The van der Waals surface area contributed by atoms with Gasteiger partial charge in [-0.3, -0.25) is 0 Å². The first-order valence-corrected chi connectivity index (χ1v) is 5.59. The van der Waals surface area contributed by atoms with Crippen molar-refractivity contribution < 1.29 is 5.11 Å². The van der Waals surface area contributed by atoms with Gasteiger partial charge in [0.1, 0.15) is 0 Å². The fourth-order valence-electron chi connectivity index (χ4n) is 1.19. The van der Waals surface area contributed by atoms with E-state index in [2.05, 4.69) is 19.6 Å². The van der Waals surface area contributed by atoms with E-state index in [1.165, 1.54) is 25.7 Å². The third-order valence-corrected chi connectivity index (χ3v) is 2.84. The standard InChI is InChI=1S/C10H22OS/c1-3-4-5-6-7-8-10(2,11)9-12/h11-12H,3-9H2,1-2H3. The molecular weight excluding hydrogens is 168 g/mol. The van der Waals surface area contributed by atoms with Crippen molar-refractivity contribution in [3.05, 3.63) is 0 Å². The molecule has 74 valence electrons. The van der Waals surface area contributed by atoms with Gasteiger partial charge in [-0.2, -0.15) is 12.6 Å². The molecule has 0 heterocycles. The topological polar surface area (TPSA) is 20.2 Å². The minimum absolute atomic E-state index is 0.546. The molecule has 0 aliphatic carbocycles. The zero-order valence-corrected chi connectivity index (χ0v) is 9.24. The van der Waals surface area contributed by atoms with E-state index in [1.54, 1.807) is 0 Å². The molecule has 1 unspecified atom stereocenters. The summed E-state index contributed by atoms with van der Waals surface area (Å²) in [5.41, 5.74) is -0.546. The van der Waals surface area contributed by atoms with Gasteiger partial charge in [0.05, 0.1) is 5.60 Å².